The molecule has 0 N–H and O–H groups in total. The molecule has 0 amide bonds. The van der Waals surface area contributed by atoms with Crippen LogP contribution in [-0.2, 0) is 0 Å². The Morgan fingerprint density at radius 1 is 1.47 bits per heavy atom. The zero-order valence-corrected chi connectivity index (χ0v) is 7.99. The smallest absolute Gasteiger partial charge is 0.258 e. The summed E-state index contributed by atoms with van der Waals surface area (Å²) in [4.78, 5) is 14.1. The molecule has 6 heteroatoms. The summed E-state index contributed by atoms with van der Waals surface area (Å²) >= 11 is 0. The molecule has 76 valence electrons. The Balaban J connectivity index is 2.52. The molecule has 0 bridgehead atoms. The van der Waals surface area contributed by atoms with Crippen LogP contribution < -0.4 is 0 Å². The number of nitrogens with zero attached hydrogens (tertiary/aromatic N) is 4. The summed E-state index contributed by atoms with van der Waals surface area (Å²) < 4.78 is 1.48. The number of rotatable bonds is 2. The average molecular weight is 204 g/mol. The summed E-state index contributed by atoms with van der Waals surface area (Å²) in [6.45, 7) is 1.70. The third kappa shape index (κ3) is 1.69. The number of hydrogen-bond acceptors (Lipinski definition) is 4. The number of aryl methyl sites for hydroxylation is 1. The van der Waals surface area contributed by atoms with Gasteiger partial charge in [-0.05, 0) is 13.0 Å². The molecular formula is C9H8N4O2. The summed E-state index contributed by atoms with van der Waals surface area (Å²) in [5, 5.41) is 14.6. The minimum Gasteiger partial charge on any atom is -0.258 e. The molecule has 6 nitrogen and oxygen atoms in total. The second-order valence-electron chi connectivity index (χ2n) is 3.07. The Labute approximate surface area is 85.3 Å². The molecule has 0 saturated heterocycles. The van der Waals surface area contributed by atoms with Gasteiger partial charge >= 0.3 is 0 Å². The van der Waals surface area contributed by atoms with Gasteiger partial charge in [-0.25, -0.2) is 9.67 Å². The molecule has 15 heavy (non-hydrogen) atoms. The normalized spacial score (nSPS) is 10.2. The van der Waals surface area contributed by atoms with Crippen LogP contribution in [0.15, 0.2) is 30.9 Å². The maximum absolute atomic E-state index is 10.7. The minimum atomic E-state index is -0.407. The molecule has 0 unspecified atom stereocenters. The van der Waals surface area contributed by atoms with Gasteiger partial charge in [0, 0.05) is 11.6 Å². The fourth-order valence-electron chi connectivity index (χ4n) is 1.28. The third-order valence-electron chi connectivity index (χ3n) is 2.07. The standard InChI is InChI=1S/C9H8N4O2/c1-7-2-3-8(4-9(7)13(14)15)12-6-10-5-11-12/h2-6H,1H3. The third-order valence-corrected chi connectivity index (χ3v) is 2.07. The number of nitro benzene ring substituents is 1. The second-order valence-corrected chi connectivity index (χ2v) is 3.07. The molecule has 0 fully saturated rings. The molecular weight excluding hydrogens is 196 g/mol. The molecule has 0 spiro atoms. The van der Waals surface area contributed by atoms with E-state index in [4.69, 9.17) is 0 Å². The Bertz CT molecular complexity index is 493. The Hall–Kier alpha value is -2.24. The first-order valence-corrected chi connectivity index (χ1v) is 4.28. The van der Waals surface area contributed by atoms with Crippen molar-refractivity contribution in [2.45, 2.75) is 6.92 Å². The molecule has 0 aliphatic rings. The van der Waals surface area contributed by atoms with Crippen LogP contribution in [0, 0.1) is 17.0 Å². The molecule has 0 atom stereocenters. The van der Waals surface area contributed by atoms with Crippen LogP contribution in [0.25, 0.3) is 5.69 Å². The highest BCUT2D eigenvalue weighted by Crippen LogP contribution is 2.20. The van der Waals surface area contributed by atoms with Crippen molar-refractivity contribution < 1.29 is 4.92 Å². The van der Waals surface area contributed by atoms with E-state index in [1.54, 1.807) is 19.1 Å². The quantitative estimate of drug-likeness (QED) is 0.548. The number of nitro groups is 1. The van der Waals surface area contributed by atoms with E-state index in [-0.39, 0.29) is 5.69 Å². The van der Waals surface area contributed by atoms with Crippen LogP contribution in [0.1, 0.15) is 5.56 Å². The predicted molar refractivity (Wildman–Crippen MR) is 52.8 cm³/mol. The lowest BCUT2D eigenvalue weighted by Crippen LogP contribution is -1.97. The van der Waals surface area contributed by atoms with Gasteiger partial charge in [0.05, 0.1) is 10.6 Å². The van der Waals surface area contributed by atoms with E-state index < -0.39 is 4.92 Å². The molecule has 2 rings (SSSR count). The van der Waals surface area contributed by atoms with Gasteiger partial charge in [-0.1, -0.05) is 6.07 Å². The lowest BCUT2D eigenvalue weighted by atomic mass is 10.2. The number of aromatic nitrogens is 3. The zero-order chi connectivity index (χ0) is 10.8. The van der Waals surface area contributed by atoms with Crippen molar-refractivity contribution in [3.8, 4) is 5.69 Å². The van der Waals surface area contributed by atoms with Gasteiger partial charge < -0.3 is 0 Å². The zero-order valence-electron chi connectivity index (χ0n) is 7.99. The van der Waals surface area contributed by atoms with Crippen molar-refractivity contribution >= 4 is 5.69 Å². The van der Waals surface area contributed by atoms with Crippen molar-refractivity contribution in [1.29, 1.82) is 0 Å². The van der Waals surface area contributed by atoms with Gasteiger partial charge in [0.1, 0.15) is 12.7 Å². The lowest BCUT2D eigenvalue weighted by Gasteiger charge is -2.01. The molecule has 1 heterocycles. The van der Waals surface area contributed by atoms with Crippen molar-refractivity contribution in [3.63, 3.8) is 0 Å². The van der Waals surface area contributed by atoms with Crippen LogP contribution in [0.5, 0.6) is 0 Å². The van der Waals surface area contributed by atoms with E-state index >= 15 is 0 Å². The average Bonchev–Trinajstić information content (AvgIpc) is 2.71. The predicted octanol–water partition coefficient (Wildman–Crippen LogP) is 1.48. The second kappa shape index (κ2) is 3.49. The number of hydrogen-bond donors (Lipinski definition) is 0. The van der Waals surface area contributed by atoms with Crippen LogP contribution in [-0.4, -0.2) is 19.7 Å². The summed E-state index contributed by atoms with van der Waals surface area (Å²) in [6, 6.07) is 4.93. The minimum absolute atomic E-state index is 0.0861. The Morgan fingerprint density at radius 2 is 2.27 bits per heavy atom. The van der Waals surface area contributed by atoms with Crippen molar-refractivity contribution in [2.75, 3.05) is 0 Å². The van der Waals surface area contributed by atoms with E-state index in [0.717, 1.165) is 0 Å². The molecule has 2 aromatic rings. The maximum atomic E-state index is 10.7. The maximum Gasteiger partial charge on any atom is 0.274 e. The summed E-state index contributed by atoms with van der Waals surface area (Å²) in [5.41, 5.74) is 1.34. The van der Waals surface area contributed by atoms with Crippen LogP contribution in [0.3, 0.4) is 0 Å². The highest BCUT2D eigenvalue weighted by atomic mass is 16.6. The Kier molecular flexibility index (Phi) is 2.17. The van der Waals surface area contributed by atoms with E-state index in [2.05, 4.69) is 10.1 Å². The summed E-state index contributed by atoms with van der Waals surface area (Å²) in [6.07, 6.45) is 2.88. The molecule has 1 aromatic heterocycles. The van der Waals surface area contributed by atoms with Crippen LogP contribution in [0.4, 0.5) is 5.69 Å². The van der Waals surface area contributed by atoms with E-state index in [0.29, 0.717) is 11.3 Å². The molecule has 0 saturated carbocycles. The fraction of sp³-hybridized carbons (Fsp3) is 0.111. The molecule has 1 aromatic carbocycles. The van der Waals surface area contributed by atoms with Crippen LogP contribution in [0.2, 0.25) is 0 Å². The first-order chi connectivity index (χ1) is 7.18. The van der Waals surface area contributed by atoms with Crippen molar-refractivity contribution in [3.05, 3.63) is 46.5 Å². The first kappa shape index (κ1) is 9.32. The lowest BCUT2D eigenvalue weighted by molar-refractivity contribution is -0.385. The highest BCUT2D eigenvalue weighted by molar-refractivity contribution is 5.48. The SMILES string of the molecule is Cc1ccc(-n2cncn2)cc1[N+](=O)[O-]. The Morgan fingerprint density at radius 3 is 2.87 bits per heavy atom. The summed E-state index contributed by atoms with van der Waals surface area (Å²) in [7, 11) is 0. The summed E-state index contributed by atoms with van der Waals surface area (Å²) in [5.74, 6) is 0. The van der Waals surface area contributed by atoms with Crippen LogP contribution >= 0.6 is 0 Å². The van der Waals surface area contributed by atoms with Crippen molar-refractivity contribution in [2.24, 2.45) is 0 Å². The van der Waals surface area contributed by atoms with Gasteiger partial charge in [-0.2, -0.15) is 5.10 Å². The van der Waals surface area contributed by atoms with E-state index in [1.807, 2.05) is 0 Å². The molecule has 0 radical (unpaired) electrons. The largest absolute Gasteiger partial charge is 0.274 e. The molecule has 0 aliphatic heterocycles. The highest BCUT2D eigenvalue weighted by Gasteiger charge is 2.11. The van der Waals surface area contributed by atoms with E-state index in [9.17, 15) is 10.1 Å². The van der Waals surface area contributed by atoms with Gasteiger partial charge in [0.2, 0.25) is 0 Å². The van der Waals surface area contributed by atoms with Gasteiger partial charge in [0.15, 0.2) is 0 Å². The fourth-order valence-corrected chi connectivity index (χ4v) is 1.28. The molecule has 0 aliphatic carbocycles. The van der Waals surface area contributed by atoms with Gasteiger partial charge in [-0.15, -0.1) is 0 Å². The monoisotopic (exact) mass is 204 g/mol. The topological polar surface area (TPSA) is 73.8 Å². The van der Waals surface area contributed by atoms with Gasteiger partial charge in [0.25, 0.3) is 5.69 Å². The first-order valence-electron chi connectivity index (χ1n) is 4.28. The van der Waals surface area contributed by atoms with Crippen molar-refractivity contribution in [1.82, 2.24) is 14.8 Å². The van der Waals surface area contributed by atoms with E-state index in [1.165, 1.54) is 23.4 Å². The number of benzene rings is 1. The van der Waals surface area contributed by atoms with Gasteiger partial charge in [-0.3, -0.25) is 10.1 Å².